The second-order valence-electron chi connectivity index (χ2n) is 2.90. The lowest BCUT2D eigenvalue weighted by Gasteiger charge is -1.95. The van der Waals surface area contributed by atoms with Gasteiger partial charge < -0.3 is 4.74 Å². The van der Waals surface area contributed by atoms with Gasteiger partial charge in [-0.1, -0.05) is 0 Å². The van der Waals surface area contributed by atoms with Crippen LogP contribution in [0.3, 0.4) is 0 Å². The first-order valence-corrected chi connectivity index (χ1v) is 6.04. The van der Waals surface area contributed by atoms with Crippen molar-refractivity contribution in [2.24, 2.45) is 0 Å². The molecule has 0 aliphatic carbocycles. The molecule has 0 N–H and O–H groups in total. The Kier molecular flexibility index (Phi) is 3.31. The van der Waals surface area contributed by atoms with Gasteiger partial charge in [0.15, 0.2) is 5.69 Å². The minimum atomic E-state index is -0.424. The Morgan fingerprint density at radius 3 is 2.94 bits per heavy atom. The van der Waals surface area contributed by atoms with Crippen molar-refractivity contribution in [3.63, 3.8) is 0 Å². The van der Waals surface area contributed by atoms with Crippen molar-refractivity contribution in [2.75, 3.05) is 7.11 Å². The average molecular weight is 299 g/mol. The Balaban J connectivity index is 2.31. The molecule has 0 amide bonds. The maximum atomic E-state index is 11.2. The number of carbonyl (C=O) groups is 1. The summed E-state index contributed by atoms with van der Waals surface area (Å²) >= 11 is 4.64. The summed E-state index contributed by atoms with van der Waals surface area (Å²) in [5, 5.41) is 2.42. The Morgan fingerprint density at radius 2 is 2.31 bits per heavy atom. The molecule has 0 aliphatic rings. The highest BCUT2D eigenvalue weighted by molar-refractivity contribution is 9.10. The Bertz CT molecular complexity index is 510. The number of rotatable bonds is 2. The quantitative estimate of drug-likeness (QED) is 0.632. The predicted octanol–water partition coefficient (Wildman–Crippen LogP) is 2.75. The van der Waals surface area contributed by atoms with Crippen LogP contribution in [0.5, 0.6) is 0 Å². The van der Waals surface area contributed by atoms with Crippen molar-refractivity contribution in [2.45, 2.75) is 0 Å². The molecule has 4 nitrogen and oxygen atoms in total. The van der Waals surface area contributed by atoms with Crippen LogP contribution in [0, 0.1) is 0 Å². The first-order chi connectivity index (χ1) is 7.70. The standard InChI is InChI=1S/C10H7BrN2O2S/c1-15-10(14)7-5-16-9(13-7)6-2-3-8(11)12-4-6/h2-5H,1H3. The van der Waals surface area contributed by atoms with E-state index in [-0.39, 0.29) is 0 Å². The molecule has 2 rings (SSSR count). The van der Waals surface area contributed by atoms with E-state index in [1.807, 2.05) is 12.1 Å². The maximum absolute atomic E-state index is 11.2. The molecule has 0 bridgehead atoms. The normalized spacial score (nSPS) is 10.1. The van der Waals surface area contributed by atoms with E-state index in [4.69, 9.17) is 0 Å². The van der Waals surface area contributed by atoms with Gasteiger partial charge in [0, 0.05) is 17.1 Å². The Labute approximate surface area is 104 Å². The molecule has 2 aromatic heterocycles. The van der Waals surface area contributed by atoms with E-state index in [0.29, 0.717) is 5.69 Å². The topological polar surface area (TPSA) is 52.1 Å². The highest BCUT2D eigenvalue weighted by Crippen LogP contribution is 2.24. The van der Waals surface area contributed by atoms with E-state index >= 15 is 0 Å². The first kappa shape index (κ1) is 11.2. The summed E-state index contributed by atoms with van der Waals surface area (Å²) in [6, 6.07) is 3.71. The maximum Gasteiger partial charge on any atom is 0.357 e. The number of pyridine rings is 1. The smallest absolute Gasteiger partial charge is 0.357 e. The van der Waals surface area contributed by atoms with Crippen molar-refractivity contribution in [1.82, 2.24) is 9.97 Å². The number of carbonyl (C=O) groups excluding carboxylic acids is 1. The zero-order valence-electron chi connectivity index (χ0n) is 8.31. The molecule has 16 heavy (non-hydrogen) atoms. The number of aromatic nitrogens is 2. The summed E-state index contributed by atoms with van der Waals surface area (Å²) in [4.78, 5) is 19.5. The van der Waals surface area contributed by atoms with E-state index in [9.17, 15) is 4.79 Å². The molecular formula is C10H7BrN2O2S. The number of hydrogen-bond acceptors (Lipinski definition) is 5. The number of nitrogens with zero attached hydrogens (tertiary/aromatic N) is 2. The van der Waals surface area contributed by atoms with Gasteiger partial charge in [-0.15, -0.1) is 11.3 Å². The summed E-state index contributed by atoms with van der Waals surface area (Å²) in [7, 11) is 1.34. The zero-order valence-corrected chi connectivity index (χ0v) is 10.7. The summed E-state index contributed by atoms with van der Waals surface area (Å²) in [6.07, 6.45) is 1.70. The molecule has 0 unspecified atom stereocenters. The summed E-state index contributed by atoms with van der Waals surface area (Å²) in [5.74, 6) is -0.424. The third-order valence-electron chi connectivity index (χ3n) is 1.87. The molecule has 0 fully saturated rings. The molecule has 2 heterocycles. The van der Waals surface area contributed by atoms with Crippen molar-refractivity contribution < 1.29 is 9.53 Å². The zero-order chi connectivity index (χ0) is 11.5. The molecule has 6 heteroatoms. The van der Waals surface area contributed by atoms with Gasteiger partial charge in [-0.2, -0.15) is 0 Å². The third kappa shape index (κ3) is 2.28. The van der Waals surface area contributed by atoms with Crippen molar-refractivity contribution in [3.05, 3.63) is 34.0 Å². The van der Waals surface area contributed by atoms with Crippen LogP contribution in [0.4, 0.5) is 0 Å². The van der Waals surface area contributed by atoms with Crippen LogP contribution in [-0.2, 0) is 4.74 Å². The van der Waals surface area contributed by atoms with E-state index in [2.05, 4.69) is 30.6 Å². The van der Waals surface area contributed by atoms with Crippen LogP contribution < -0.4 is 0 Å². The molecule has 0 atom stereocenters. The average Bonchev–Trinajstić information content (AvgIpc) is 2.78. The minimum absolute atomic E-state index is 0.324. The van der Waals surface area contributed by atoms with E-state index in [1.54, 1.807) is 11.6 Å². The number of thiazole rings is 1. The fourth-order valence-corrected chi connectivity index (χ4v) is 2.12. The van der Waals surface area contributed by atoms with Crippen LogP contribution in [0.15, 0.2) is 28.3 Å². The van der Waals surface area contributed by atoms with E-state index in [1.165, 1.54) is 18.4 Å². The molecular weight excluding hydrogens is 292 g/mol. The molecule has 0 spiro atoms. The number of methoxy groups -OCH3 is 1. The lowest BCUT2D eigenvalue weighted by atomic mass is 10.3. The molecule has 0 aromatic carbocycles. The summed E-state index contributed by atoms with van der Waals surface area (Å²) in [6.45, 7) is 0. The fraction of sp³-hybridized carbons (Fsp3) is 0.100. The molecule has 0 saturated carbocycles. The van der Waals surface area contributed by atoms with Gasteiger partial charge >= 0.3 is 5.97 Å². The van der Waals surface area contributed by atoms with Crippen molar-refractivity contribution >= 4 is 33.2 Å². The van der Waals surface area contributed by atoms with Crippen LogP contribution in [-0.4, -0.2) is 23.0 Å². The second-order valence-corrected chi connectivity index (χ2v) is 4.57. The molecule has 82 valence electrons. The summed E-state index contributed by atoms with van der Waals surface area (Å²) < 4.78 is 5.35. The van der Waals surface area contributed by atoms with Gasteiger partial charge in [0.2, 0.25) is 0 Å². The Morgan fingerprint density at radius 1 is 1.50 bits per heavy atom. The van der Waals surface area contributed by atoms with Gasteiger partial charge in [-0.05, 0) is 28.1 Å². The predicted molar refractivity (Wildman–Crippen MR) is 64.4 cm³/mol. The van der Waals surface area contributed by atoms with Crippen LogP contribution >= 0.6 is 27.3 Å². The molecule has 0 saturated heterocycles. The lowest BCUT2D eigenvalue weighted by molar-refractivity contribution is 0.0595. The van der Waals surface area contributed by atoms with Gasteiger partial charge in [0.1, 0.15) is 9.61 Å². The molecule has 2 aromatic rings. The Hall–Kier alpha value is -1.27. The highest BCUT2D eigenvalue weighted by Gasteiger charge is 2.11. The van der Waals surface area contributed by atoms with Crippen molar-refractivity contribution in [1.29, 1.82) is 0 Å². The van der Waals surface area contributed by atoms with Gasteiger partial charge in [-0.3, -0.25) is 0 Å². The number of hydrogen-bond donors (Lipinski definition) is 0. The number of esters is 1. The van der Waals surface area contributed by atoms with E-state index in [0.717, 1.165) is 15.2 Å². The minimum Gasteiger partial charge on any atom is -0.464 e. The third-order valence-corrected chi connectivity index (χ3v) is 3.23. The largest absolute Gasteiger partial charge is 0.464 e. The molecule has 0 radical (unpaired) electrons. The van der Waals surface area contributed by atoms with Crippen LogP contribution in [0.2, 0.25) is 0 Å². The van der Waals surface area contributed by atoms with Crippen LogP contribution in [0.1, 0.15) is 10.5 Å². The second kappa shape index (κ2) is 4.71. The van der Waals surface area contributed by atoms with E-state index < -0.39 is 5.97 Å². The van der Waals surface area contributed by atoms with Crippen molar-refractivity contribution in [3.8, 4) is 10.6 Å². The molecule has 0 aliphatic heterocycles. The number of ether oxygens (including phenoxy) is 1. The lowest BCUT2D eigenvalue weighted by Crippen LogP contribution is -2.00. The summed E-state index contributed by atoms with van der Waals surface area (Å²) in [5.41, 5.74) is 1.20. The van der Waals surface area contributed by atoms with Crippen LogP contribution in [0.25, 0.3) is 10.6 Å². The SMILES string of the molecule is COC(=O)c1csc(-c2ccc(Br)nc2)n1. The number of halogens is 1. The first-order valence-electron chi connectivity index (χ1n) is 4.36. The fourth-order valence-electron chi connectivity index (χ4n) is 1.11. The van der Waals surface area contributed by atoms with Gasteiger partial charge in [0.05, 0.1) is 7.11 Å². The monoisotopic (exact) mass is 298 g/mol. The highest BCUT2D eigenvalue weighted by atomic mass is 79.9. The van der Waals surface area contributed by atoms with Gasteiger partial charge in [-0.25, -0.2) is 14.8 Å². The van der Waals surface area contributed by atoms with Gasteiger partial charge in [0.25, 0.3) is 0 Å².